The first-order valence-corrected chi connectivity index (χ1v) is 7.34. The molecule has 19 heavy (non-hydrogen) atoms. The van der Waals surface area contributed by atoms with E-state index >= 15 is 0 Å². The van der Waals surface area contributed by atoms with E-state index in [9.17, 15) is 0 Å². The normalized spacial score (nSPS) is 19.3. The van der Waals surface area contributed by atoms with Crippen LogP contribution in [0.3, 0.4) is 0 Å². The van der Waals surface area contributed by atoms with Crippen molar-refractivity contribution in [3.05, 3.63) is 35.9 Å². The average molecular weight is 261 g/mol. The van der Waals surface area contributed by atoms with Crippen molar-refractivity contribution in [3.8, 4) is 0 Å². The first kappa shape index (κ1) is 14.5. The van der Waals surface area contributed by atoms with E-state index in [1.807, 2.05) is 0 Å². The van der Waals surface area contributed by atoms with Gasteiger partial charge in [0.2, 0.25) is 0 Å². The number of hydrogen-bond acceptors (Lipinski definition) is 3. The van der Waals surface area contributed by atoms with E-state index in [1.165, 1.54) is 5.56 Å². The van der Waals surface area contributed by atoms with Crippen molar-refractivity contribution in [1.29, 1.82) is 0 Å². The molecule has 0 saturated carbocycles. The van der Waals surface area contributed by atoms with E-state index in [2.05, 4.69) is 66.6 Å². The van der Waals surface area contributed by atoms with Crippen LogP contribution in [-0.2, 0) is 0 Å². The second-order valence-electron chi connectivity index (χ2n) is 6.06. The van der Waals surface area contributed by atoms with Gasteiger partial charge in [-0.15, -0.1) is 0 Å². The van der Waals surface area contributed by atoms with Crippen molar-refractivity contribution in [2.24, 2.45) is 0 Å². The first-order chi connectivity index (χ1) is 9.09. The average Bonchev–Trinajstić information content (AvgIpc) is 2.47. The zero-order valence-corrected chi connectivity index (χ0v) is 12.4. The van der Waals surface area contributed by atoms with Gasteiger partial charge in [0, 0.05) is 44.3 Å². The Labute approximate surface area is 117 Å². The molecule has 1 heterocycles. The van der Waals surface area contributed by atoms with Crippen molar-refractivity contribution in [3.63, 3.8) is 0 Å². The van der Waals surface area contributed by atoms with E-state index < -0.39 is 0 Å². The fourth-order valence-corrected chi connectivity index (χ4v) is 2.64. The number of piperazine rings is 1. The van der Waals surface area contributed by atoms with Gasteiger partial charge in [-0.1, -0.05) is 30.3 Å². The van der Waals surface area contributed by atoms with Crippen molar-refractivity contribution in [1.82, 2.24) is 15.5 Å². The van der Waals surface area contributed by atoms with Crippen LogP contribution in [0.4, 0.5) is 0 Å². The van der Waals surface area contributed by atoms with Crippen molar-refractivity contribution >= 4 is 0 Å². The molecule has 1 unspecified atom stereocenters. The van der Waals surface area contributed by atoms with Crippen LogP contribution >= 0.6 is 0 Å². The number of benzene rings is 1. The molecule has 2 N–H and O–H groups in total. The highest BCUT2D eigenvalue weighted by atomic mass is 15.2. The number of nitrogens with zero attached hydrogens (tertiary/aromatic N) is 1. The standard InChI is InChI=1S/C16H27N3/c1-14(15-7-5-4-6-8-15)18-13-16(2,3)19-11-9-17-10-12-19/h4-8,14,17-18H,9-13H2,1-3H3. The summed E-state index contributed by atoms with van der Waals surface area (Å²) in [7, 11) is 0. The molecule has 0 aromatic heterocycles. The van der Waals surface area contributed by atoms with Crippen LogP contribution in [0, 0.1) is 0 Å². The van der Waals surface area contributed by atoms with Gasteiger partial charge < -0.3 is 10.6 Å². The highest BCUT2D eigenvalue weighted by Crippen LogP contribution is 2.17. The Kier molecular flexibility index (Phi) is 4.97. The third-order valence-electron chi connectivity index (χ3n) is 4.11. The van der Waals surface area contributed by atoms with Crippen LogP contribution in [0.5, 0.6) is 0 Å². The minimum absolute atomic E-state index is 0.213. The maximum absolute atomic E-state index is 3.67. The molecular formula is C16H27N3. The Balaban J connectivity index is 1.86. The molecule has 3 heteroatoms. The second kappa shape index (κ2) is 6.51. The number of nitrogens with one attached hydrogen (secondary N) is 2. The van der Waals surface area contributed by atoms with Crippen LogP contribution in [0.1, 0.15) is 32.4 Å². The molecule has 3 nitrogen and oxygen atoms in total. The third kappa shape index (κ3) is 4.03. The van der Waals surface area contributed by atoms with Crippen molar-refractivity contribution < 1.29 is 0 Å². The minimum atomic E-state index is 0.213. The lowest BCUT2D eigenvalue weighted by molar-refractivity contribution is 0.0999. The quantitative estimate of drug-likeness (QED) is 0.849. The number of hydrogen-bond donors (Lipinski definition) is 2. The monoisotopic (exact) mass is 261 g/mol. The van der Waals surface area contributed by atoms with Gasteiger partial charge in [-0.3, -0.25) is 4.90 Å². The van der Waals surface area contributed by atoms with Crippen LogP contribution in [-0.4, -0.2) is 43.2 Å². The molecule has 2 rings (SSSR count). The Morgan fingerprint density at radius 2 is 1.84 bits per heavy atom. The molecule has 1 aromatic carbocycles. The predicted octanol–water partition coefficient (Wildman–Crippen LogP) is 2.02. The van der Waals surface area contributed by atoms with Gasteiger partial charge in [-0.25, -0.2) is 0 Å². The van der Waals surface area contributed by atoms with Crippen LogP contribution in [0.25, 0.3) is 0 Å². The highest BCUT2D eigenvalue weighted by molar-refractivity contribution is 5.18. The van der Waals surface area contributed by atoms with Crippen molar-refractivity contribution in [2.45, 2.75) is 32.4 Å². The summed E-state index contributed by atoms with van der Waals surface area (Å²) >= 11 is 0. The molecule has 1 atom stereocenters. The van der Waals surface area contributed by atoms with Gasteiger partial charge in [0.05, 0.1) is 0 Å². The molecule has 0 radical (unpaired) electrons. The number of rotatable bonds is 5. The van der Waals surface area contributed by atoms with Gasteiger partial charge in [-0.05, 0) is 26.3 Å². The third-order valence-corrected chi connectivity index (χ3v) is 4.11. The van der Waals surface area contributed by atoms with E-state index in [1.54, 1.807) is 0 Å². The summed E-state index contributed by atoms with van der Waals surface area (Å²) < 4.78 is 0. The zero-order chi connectivity index (χ0) is 13.7. The maximum atomic E-state index is 3.67. The fourth-order valence-electron chi connectivity index (χ4n) is 2.64. The van der Waals surface area contributed by atoms with Gasteiger partial charge in [0.15, 0.2) is 0 Å². The summed E-state index contributed by atoms with van der Waals surface area (Å²) in [6.45, 7) is 12.4. The molecule has 0 bridgehead atoms. The molecule has 106 valence electrons. The van der Waals surface area contributed by atoms with Crippen LogP contribution < -0.4 is 10.6 Å². The summed E-state index contributed by atoms with van der Waals surface area (Å²) in [4.78, 5) is 2.58. The van der Waals surface area contributed by atoms with Gasteiger partial charge in [-0.2, -0.15) is 0 Å². The van der Waals surface area contributed by atoms with E-state index in [4.69, 9.17) is 0 Å². The summed E-state index contributed by atoms with van der Waals surface area (Å²) in [5.74, 6) is 0. The van der Waals surface area contributed by atoms with Crippen LogP contribution in [0.15, 0.2) is 30.3 Å². The molecule has 1 aliphatic heterocycles. The van der Waals surface area contributed by atoms with Crippen molar-refractivity contribution in [2.75, 3.05) is 32.7 Å². The summed E-state index contributed by atoms with van der Waals surface area (Å²) in [6, 6.07) is 11.1. The molecule has 1 aromatic rings. The highest BCUT2D eigenvalue weighted by Gasteiger charge is 2.27. The van der Waals surface area contributed by atoms with Gasteiger partial charge >= 0.3 is 0 Å². The molecule has 0 amide bonds. The van der Waals surface area contributed by atoms with Gasteiger partial charge in [0.25, 0.3) is 0 Å². The Morgan fingerprint density at radius 3 is 2.47 bits per heavy atom. The lowest BCUT2D eigenvalue weighted by Gasteiger charge is -2.42. The van der Waals surface area contributed by atoms with Crippen LogP contribution in [0.2, 0.25) is 0 Å². The fraction of sp³-hybridized carbons (Fsp3) is 0.625. The largest absolute Gasteiger partial charge is 0.314 e. The lowest BCUT2D eigenvalue weighted by Crippen LogP contribution is -2.57. The molecule has 1 fully saturated rings. The van der Waals surface area contributed by atoms with E-state index in [-0.39, 0.29) is 5.54 Å². The molecule has 1 saturated heterocycles. The summed E-state index contributed by atoms with van der Waals surface area (Å²) in [5, 5.41) is 7.09. The molecule has 0 aliphatic carbocycles. The summed E-state index contributed by atoms with van der Waals surface area (Å²) in [5.41, 5.74) is 1.57. The SMILES string of the molecule is CC(NCC(C)(C)N1CCNCC1)c1ccccc1. The maximum Gasteiger partial charge on any atom is 0.0292 e. The Morgan fingerprint density at radius 1 is 1.21 bits per heavy atom. The Bertz CT molecular complexity index is 369. The summed E-state index contributed by atoms with van der Waals surface area (Å²) in [6.07, 6.45) is 0. The van der Waals surface area contributed by atoms with E-state index in [0.717, 1.165) is 32.7 Å². The lowest BCUT2D eigenvalue weighted by atomic mass is 10.00. The molecule has 0 spiro atoms. The topological polar surface area (TPSA) is 27.3 Å². The molecular weight excluding hydrogens is 234 g/mol. The van der Waals surface area contributed by atoms with E-state index in [0.29, 0.717) is 6.04 Å². The zero-order valence-electron chi connectivity index (χ0n) is 12.4. The van der Waals surface area contributed by atoms with Gasteiger partial charge in [0.1, 0.15) is 0 Å². The second-order valence-corrected chi connectivity index (χ2v) is 6.06. The Hall–Kier alpha value is -0.900. The minimum Gasteiger partial charge on any atom is -0.314 e. The molecule has 1 aliphatic rings. The predicted molar refractivity (Wildman–Crippen MR) is 81.4 cm³/mol. The smallest absolute Gasteiger partial charge is 0.0292 e. The first-order valence-electron chi connectivity index (χ1n) is 7.34.